The fraction of sp³-hybridized carbons (Fsp3) is 0.923. The van der Waals surface area contributed by atoms with Gasteiger partial charge in [-0.1, -0.05) is 26.2 Å². The molecule has 1 unspecified atom stereocenters. The molecule has 2 nitrogen and oxygen atoms in total. The van der Waals surface area contributed by atoms with Crippen LogP contribution in [0.2, 0.25) is 0 Å². The zero-order valence-corrected chi connectivity index (χ0v) is 9.76. The lowest BCUT2D eigenvalue weighted by atomic mass is 9.69. The quantitative estimate of drug-likeness (QED) is 0.700. The summed E-state index contributed by atoms with van der Waals surface area (Å²) >= 11 is 0. The minimum Gasteiger partial charge on any atom is -0.381 e. The minimum atomic E-state index is -0.0242. The number of ketones is 1. The van der Waals surface area contributed by atoms with Crippen molar-refractivity contribution in [2.24, 2.45) is 11.3 Å². The van der Waals surface area contributed by atoms with E-state index in [9.17, 15) is 4.79 Å². The van der Waals surface area contributed by atoms with E-state index in [0.717, 1.165) is 32.3 Å². The largest absolute Gasteiger partial charge is 0.381 e. The molecule has 0 amide bonds. The summed E-state index contributed by atoms with van der Waals surface area (Å²) in [7, 11) is 0. The smallest absolute Gasteiger partial charge is 0.144 e. The summed E-state index contributed by atoms with van der Waals surface area (Å²) in [4.78, 5) is 12.4. The first-order chi connectivity index (χ1) is 7.22. The molecule has 0 aromatic heterocycles. The van der Waals surface area contributed by atoms with Gasteiger partial charge in [0, 0.05) is 17.9 Å². The minimum absolute atomic E-state index is 0.0242. The standard InChI is InChI=1S/C13H22O2/c1-13(7-3-2-4-8-13)12(14)11-6-5-9-15-10-11/h11H,2-10H2,1H3. The lowest BCUT2D eigenvalue weighted by molar-refractivity contribution is -0.137. The Labute approximate surface area is 92.4 Å². The topological polar surface area (TPSA) is 26.3 Å². The van der Waals surface area contributed by atoms with E-state index in [1.807, 2.05) is 0 Å². The Balaban J connectivity index is 1.98. The Morgan fingerprint density at radius 1 is 1.20 bits per heavy atom. The van der Waals surface area contributed by atoms with Gasteiger partial charge >= 0.3 is 0 Å². The van der Waals surface area contributed by atoms with E-state index in [2.05, 4.69) is 6.92 Å². The normalized spacial score (nSPS) is 31.1. The van der Waals surface area contributed by atoms with Gasteiger partial charge in [-0.15, -0.1) is 0 Å². The molecule has 0 aromatic carbocycles. The third-order valence-corrected chi connectivity index (χ3v) is 4.08. The van der Waals surface area contributed by atoms with Crippen LogP contribution in [0.25, 0.3) is 0 Å². The van der Waals surface area contributed by atoms with Crippen LogP contribution in [-0.4, -0.2) is 19.0 Å². The first kappa shape index (κ1) is 11.1. The van der Waals surface area contributed by atoms with Crippen molar-refractivity contribution in [3.63, 3.8) is 0 Å². The van der Waals surface area contributed by atoms with Crippen molar-refractivity contribution in [2.75, 3.05) is 13.2 Å². The number of carbonyl (C=O) groups is 1. The fourth-order valence-corrected chi connectivity index (χ4v) is 3.02. The SMILES string of the molecule is CC1(C(=O)C2CCCOC2)CCCCC1. The Bertz CT molecular complexity index is 223. The van der Waals surface area contributed by atoms with Crippen molar-refractivity contribution in [1.82, 2.24) is 0 Å². The summed E-state index contributed by atoms with van der Waals surface area (Å²) in [6.07, 6.45) is 8.08. The second kappa shape index (κ2) is 4.65. The van der Waals surface area contributed by atoms with Crippen LogP contribution >= 0.6 is 0 Å². The highest BCUT2D eigenvalue weighted by atomic mass is 16.5. The molecule has 1 heterocycles. The Morgan fingerprint density at radius 3 is 2.53 bits per heavy atom. The zero-order chi connectivity index (χ0) is 10.7. The summed E-state index contributed by atoms with van der Waals surface area (Å²) in [6.45, 7) is 3.69. The lowest BCUT2D eigenvalue weighted by Gasteiger charge is -2.36. The summed E-state index contributed by atoms with van der Waals surface area (Å²) in [6, 6.07) is 0. The molecule has 1 saturated carbocycles. The molecule has 1 aliphatic heterocycles. The van der Waals surface area contributed by atoms with Gasteiger partial charge in [-0.3, -0.25) is 4.79 Å². The second-order valence-corrected chi connectivity index (χ2v) is 5.40. The number of carbonyl (C=O) groups excluding carboxylic acids is 1. The Morgan fingerprint density at radius 2 is 1.93 bits per heavy atom. The van der Waals surface area contributed by atoms with Crippen molar-refractivity contribution >= 4 is 5.78 Å². The van der Waals surface area contributed by atoms with Crippen molar-refractivity contribution in [3.8, 4) is 0 Å². The fourth-order valence-electron chi connectivity index (χ4n) is 3.02. The highest BCUT2D eigenvalue weighted by Gasteiger charge is 2.38. The summed E-state index contributed by atoms with van der Waals surface area (Å²) < 4.78 is 5.42. The van der Waals surface area contributed by atoms with Gasteiger partial charge in [0.2, 0.25) is 0 Å². The summed E-state index contributed by atoms with van der Waals surface area (Å²) in [5, 5.41) is 0. The van der Waals surface area contributed by atoms with Crippen LogP contribution in [0.1, 0.15) is 51.9 Å². The van der Waals surface area contributed by atoms with Crippen molar-refractivity contribution < 1.29 is 9.53 Å². The molecule has 1 saturated heterocycles. The number of hydrogen-bond acceptors (Lipinski definition) is 2. The maximum atomic E-state index is 12.4. The van der Waals surface area contributed by atoms with Crippen molar-refractivity contribution in [2.45, 2.75) is 51.9 Å². The molecular weight excluding hydrogens is 188 g/mol. The summed E-state index contributed by atoms with van der Waals surface area (Å²) in [5.74, 6) is 0.684. The van der Waals surface area contributed by atoms with E-state index in [1.54, 1.807) is 0 Å². The van der Waals surface area contributed by atoms with Crippen LogP contribution in [0.4, 0.5) is 0 Å². The average Bonchev–Trinajstić information content (AvgIpc) is 2.30. The predicted octanol–water partition coefficient (Wildman–Crippen LogP) is 2.95. The molecule has 2 rings (SSSR count). The van der Waals surface area contributed by atoms with Crippen molar-refractivity contribution in [1.29, 1.82) is 0 Å². The van der Waals surface area contributed by atoms with Crippen LogP contribution in [0.3, 0.4) is 0 Å². The lowest BCUT2D eigenvalue weighted by Crippen LogP contribution is -2.38. The molecule has 2 fully saturated rings. The number of rotatable bonds is 2. The number of Topliss-reactive ketones (excluding diaryl/α,β-unsaturated/α-hetero) is 1. The third-order valence-electron chi connectivity index (χ3n) is 4.08. The molecule has 0 N–H and O–H groups in total. The third kappa shape index (κ3) is 2.41. The maximum Gasteiger partial charge on any atom is 0.144 e. The van der Waals surface area contributed by atoms with Gasteiger partial charge in [0.25, 0.3) is 0 Å². The van der Waals surface area contributed by atoms with Gasteiger partial charge in [-0.05, 0) is 25.7 Å². The molecule has 0 bridgehead atoms. The first-order valence-corrected chi connectivity index (χ1v) is 6.34. The molecule has 0 radical (unpaired) electrons. The molecule has 1 atom stereocenters. The summed E-state index contributed by atoms with van der Waals surface area (Å²) in [5.41, 5.74) is -0.0242. The van der Waals surface area contributed by atoms with Crippen LogP contribution in [-0.2, 0) is 9.53 Å². The van der Waals surface area contributed by atoms with E-state index in [4.69, 9.17) is 4.74 Å². The molecule has 0 spiro atoms. The van der Waals surface area contributed by atoms with Crippen LogP contribution in [0.15, 0.2) is 0 Å². The molecule has 15 heavy (non-hydrogen) atoms. The molecule has 2 heteroatoms. The Kier molecular flexibility index (Phi) is 3.45. The number of ether oxygens (including phenoxy) is 1. The highest BCUT2D eigenvalue weighted by Crippen LogP contribution is 2.39. The van der Waals surface area contributed by atoms with E-state index in [-0.39, 0.29) is 11.3 Å². The molecule has 86 valence electrons. The van der Waals surface area contributed by atoms with E-state index < -0.39 is 0 Å². The predicted molar refractivity (Wildman–Crippen MR) is 59.7 cm³/mol. The zero-order valence-electron chi connectivity index (χ0n) is 9.76. The molecule has 2 aliphatic rings. The second-order valence-electron chi connectivity index (χ2n) is 5.40. The molecule has 0 aromatic rings. The van der Waals surface area contributed by atoms with Gasteiger partial charge in [-0.25, -0.2) is 0 Å². The van der Waals surface area contributed by atoms with E-state index in [1.165, 1.54) is 19.3 Å². The Hall–Kier alpha value is -0.370. The van der Waals surface area contributed by atoms with Gasteiger partial charge in [0.1, 0.15) is 5.78 Å². The monoisotopic (exact) mass is 210 g/mol. The van der Waals surface area contributed by atoms with Gasteiger partial charge in [-0.2, -0.15) is 0 Å². The average molecular weight is 210 g/mol. The molecular formula is C13H22O2. The van der Waals surface area contributed by atoms with Gasteiger partial charge in [0.05, 0.1) is 6.61 Å². The van der Waals surface area contributed by atoms with Crippen molar-refractivity contribution in [3.05, 3.63) is 0 Å². The van der Waals surface area contributed by atoms with Crippen LogP contribution < -0.4 is 0 Å². The first-order valence-electron chi connectivity index (χ1n) is 6.34. The van der Waals surface area contributed by atoms with Gasteiger partial charge < -0.3 is 4.74 Å². The number of hydrogen-bond donors (Lipinski definition) is 0. The molecule has 1 aliphatic carbocycles. The van der Waals surface area contributed by atoms with E-state index in [0.29, 0.717) is 12.4 Å². The highest BCUT2D eigenvalue weighted by molar-refractivity contribution is 5.86. The maximum absolute atomic E-state index is 12.4. The van der Waals surface area contributed by atoms with Gasteiger partial charge in [0.15, 0.2) is 0 Å². The van der Waals surface area contributed by atoms with Crippen LogP contribution in [0, 0.1) is 11.3 Å². The van der Waals surface area contributed by atoms with Crippen LogP contribution in [0.5, 0.6) is 0 Å². The van der Waals surface area contributed by atoms with E-state index >= 15 is 0 Å².